The number of nitrogens with one attached hydrogen (secondary N) is 2. The molecule has 4 rings (SSSR count). The van der Waals surface area contributed by atoms with Gasteiger partial charge in [-0.2, -0.15) is 0 Å². The molecular weight excluding hydrogens is 502 g/mol. The van der Waals surface area contributed by atoms with Gasteiger partial charge in [0.05, 0.1) is 17.9 Å². The number of hydrogen-bond acceptors (Lipinski definition) is 6. The SMILES string of the molecule is CCOC(=O)c1ccc(NC2=NC(c3cccc(NC(=O)c4ccc(C(C)(C)C)cc4)c3C)=CC(C)C2=O)cc1. The van der Waals surface area contributed by atoms with Crippen LogP contribution in [0.1, 0.15) is 72.0 Å². The van der Waals surface area contributed by atoms with Crippen LogP contribution in [0.15, 0.2) is 77.8 Å². The number of carbonyl (C=O) groups excluding carboxylic acids is 3. The van der Waals surface area contributed by atoms with Crippen molar-refractivity contribution in [3.05, 3.63) is 101 Å². The molecule has 0 bridgehead atoms. The van der Waals surface area contributed by atoms with Gasteiger partial charge in [-0.25, -0.2) is 9.79 Å². The fourth-order valence-corrected chi connectivity index (χ4v) is 4.39. The first-order valence-electron chi connectivity index (χ1n) is 13.4. The van der Waals surface area contributed by atoms with Gasteiger partial charge in [-0.15, -0.1) is 0 Å². The number of amides is 1. The summed E-state index contributed by atoms with van der Waals surface area (Å²) in [5.41, 5.74) is 5.77. The Morgan fingerprint density at radius 2 is 1.60 bits per heavy atom. The van der Waals surface area contributed by atoms with E-state index in [0.717, 1.165) is 16.7 Å². The minimum absolute atomic E-state index is 0.00643. The molecular formula is C33H35N3O4. The molecule has 0 aliphatic carbocycles. The lowest BCUT2D eigenvalue weighted by Crippen LogP contribution is -2.30. The van der Waals surface area contributed by atoms with Gasteiger partial charge in [0.15, 0.2) is 5.84 Å². The lowest BCUT2D eigenvalue weighted by Gasteiger charge is -2.20. The van der Waals surface area contributed by atoms with Crippen LogP contribution in [-0.2, 0) is 14.9 Å². The van der Waals surface area contributed by atoms with E-state index in [4.69, 9.17) is 4.74 Å². The van der Waals surface area contributed by atoms with Crippen molar-refractivity contribution in [2.75, 3.05) is 17.2 Å². The summed E-state index contributed by atoms with van der Waals surface area (Å²) in [7, 11) is 0. The number of ether oxygens (including phenoxy) is 1. The Balaban J connectivity index is 1.55. The third-order valence-electron chi connectivity index (χ3n) is 6.82. The van der Waals surface area contributed by atoms with Crippen molar-refractivity contribution in [1.82, 2.24) is 0 Å². The van der Waals surface area contributed by atoms with Crippen LogP contribution in [0.5, 0.6) is 0 Å². The Hall–Kier alpha value is -4.52. The van der Waals surface area contributed by atoms with Gasteiger partial charge < -0.3 is 15.4 Å². The monoisotopic (exact) mass is 537 g/mol. The first-order valence-corrected chi connectivity index (χ1v) is 13.4. The number of hydrogen-bond donors (Lipinski definition) is 2. The van der Waals surface area contributed by atoms with E-state index < -0.39 is 11.9 Å². The fraction of sp³-hybridized carbons (Fsp3) is 0.273. The zero-order valence-electron chi connectivity index (χ0n) is 23.8. The molecule has 206 valence electrons. The van der Waals surface area contributed by atoms with Gasteiger partial charge in [-0.3, -0.25) is 9.59 Å². The van der Waals surface area contributed by atoms with E-state index in [1.807, 2.05) is 62.4 Å². The van der Waals surface area contributed by atoms with E-state index in [1.165, 1.54) is 0 Å². The summed E-state index contributed by atoms with van der Waals surface area (Å²) in [6.07, 6.45) is 1.83. The maximum atomic E-state index is 13.0. The predicted molar refractivity (Wildman–Crippen MR) is 160 cm³/mol. The molecule has 7 heteroatoms. The zero-order chi connectivity index (χ0) is 29.0. The molecule has 2 N–H and O–H groups in total. The van der Waals surface area contributed by atoms with E-state index in [2.05, 4.69) is 36.4 Å². The van der Waals surface area contributed by atoms with Crippen LogP contribution in [0.4, 0.5) is 11.4 Å². The second-order valence-electron chi connectivity index (χ2n) is 10.8. The molecule has 0 spiro atoms. The number of esters is 1. The number of aliphatic imine (C=N–C) groups is 1. The Labute approximate surface area is 235 Å². The average molecular weight is 538 g/mol. The number of ketones is 1. The molecule has 7 nitrogen and oxygen atoms in total. The predicted octanol–water partition coefficient (Wildman–Crippen LogP) is 6.79. The first-order chi connectivity index (χ1) is 19.0. The Morgan fingerprint density at radius 3 is 2.23 bits per heavy atom. The van der Waals surface area contributed by atoms with Crippen molar-refractivity contribution in [1.29, 1.82) is 0 Å². The van der Waals surface area contributed by atoms with E-state index in [1.54, 1.807) is 31.2 Å². The van der Waals surface area contributed by atoms with Gasteiger partial charge in [0.2, 0.25) is 5.78 Å². The van der Waals surface area contributed by atoms with E-state index in [-0.39, 0.29) is 22.9 Å². The molecule has 0 radical (unpaired) electrons. The highest BCUT2D eigenvalue weighted by molar-refractivity contribution is 6.45. The molecule has 1 aliphatic rings. The average Bonchev–Trinajstić information content (AvgIpc) is 2.92. The molecule has 0 fully saturated rings. The molecule has 0 saturated carbocycles. The van der Waals surface area contributed by atoms with Crippen LogP contribution in [0.25, 0.3) is 5.70 Å². The summed E-state index contributed by atoms with van der Waals surface area (Å²) in [6.45, 7) is 12.2. The molecule has 1 aliphatic heterocycles. The third kappa shape index (κ3) is 6.37. The number of nitrogens with zero attached hydrogens (tertiary/aromatic N) is 1. The van der Waals surface area contributed by atoms with Gasteiger partial charge in [-0.05, 0) is 78.9 Å². The number of benzene rings is 3. The summed E-state index contributed by atoms with van der Waals surface area (Å²) in [6, 6.07) is 20.0. The standard InChI is InChI=1S/C33H35N3O4/c1-7-40-32(39)23-13-17-25(18-14-23)34-30-29(37)20(2)19-28(35-30)26-9-8-10-27(21(26)3)36-31(38)22-11-15-24(16-12-22)33(4,5)6/h8-20H,7H2,1-6H3,(H,34,35)(H,36,38). The number of rotatable bonds is 6. The second kappa shape index (κ2) is 11.7. The lowest BCUT2D eigenvalue weighted by atomic mass is 9.86. The largest absolute Gasteiger partial charge is 0.462 e. The minimum Gasteiger partial charge on any atom is -0.462 e. The maximum Gasteiger partial charge on any atom is 0.338 e. The number of Topliss-reactive ketones (excluding diaryl/α,β-unsaturated/α-hetero) is 1. The normalized spacial score (nSPS) is 15.2. The number of carbonyl (C=O) groups is 3. The molecule has 0 aromatic heterocycles. The van der Waals surface area contributed by atoms with E-state index in [9.17, 15) is 14.4 Å². The second-order valence-corrected chi connectivity index (χ2v) is 10.8. The molecule has 1 amide bonds. The van der Waals surface area contributed by atoms with Crippen LogP contribution >= 0.6 is 0 Å². The summed E-state index contributed by atoms with van der Waals surface area (Å²) in [5, 5.41) is 6.12. The van der Waals surface area contributed by atoms with Crippen LogP contribution < -0.4 is 10.6 Å². The first kappa shape index (κ1) is 28.5. The smallest absolute Gasteiger partial charge is 0.338 e. The summed E-state index contributed by atoms with van der Waals surface area (Å²) in [5.74, 6) is -0.921. The maximum absolute atomic E-state index is 13.0. The molecule has 40 heavy (non-hydrogen) atoms. The number of anilines is 2. The van der Waals surface area contributed by atoms with Crippen molar-refractivity contribution < 1.29 is 19.1 Å². The summed E-state index contributed by atoms with van der Waals surface area (Å²) >= 11 is 0. The molecule has 0 saturated heterocycles. The highest BCUT2D eigenvalue weighted by Crippen LogP contribution is 2.30. The minimum atomic E-state index is -0.400. The topological polar surface area (TPSA) is 96.9 Å². The molecule has 1 unspecified atom stereocenters. The van der Waals surface area contributed by atoms with Crippen molar-refractivity contribution in [3.63, 3.8) is 0 Å². The molecule has 3 aromatic carbocycles. The Bertz CT molecular complexity index is 1490. The van der Waals surface area contributed by atoms with Crippen LogP contribution in [0, 0.1) is 12.8 Å². The highest BCUT2D eigenvalue weighted by Gasteiger charge is 2.25. The summed E-state index contributed by atoms with van der Waals surface area (Å²) in [4.78, 5) is 42.6. The van der Waals surface area contributed by atoms with Gasteiger partial charge in [0.1, 0.15) is 0 Å². The summed E-state index contributed by atoms with van der Waals surface area (Å²) < 4.78 is 5.03. The Morgan fingerprint density at radius 1 is 0.950 bits per heavy atom. The van der Waals surface area contributed by atoms with E-state index in [0.29, 0.717) is 34.8 Å². The Kier molecular flexibility index (Phi) is 8.33. The van der Waals surface area contributed by atoms with Crippen LogP contribution in [0.2, 0.25) is 0 Å². The highest BCUT2D eigenvalue weighted by atomic mass is 16.5. The van der Waals surface area contributed by atoms with Gasteiger partial charge in [-0.1, -0.05) is 52.0 Å². The van der Waals surface area contributed by atoms with Crippen molar-refractivity contribution in [2.45, 2.75) is 47.0 Å². The fourth-order valence-electron chi connectivity index (χ4n) is 4.39. The lowest BCUT2D eigenvalue weighted by molar-refractivity contribution is -0.114. The van der Waals surface area contributed by atoms with Crippen molar-refractivity contribution >= 4 is 40.6 Å². The van der Waals surface area contributed by atoms with Gasteiger partial charge in [0.25, 0.3) is 5.91 Å². The quantitative estimate of drug-likeness (QED) is 0.338. The van der Waals surface area contributed by atoms with Crippen molar-refractivity contribution in [3.8, 4) is 0 Å². The van der Waals surface area contributed by atoms with Crippen molar-refractivity contribution in [2.24, 2.45) is 10.9 Å². The van der Waals surface area contributed by atoms with Gasteiger partial charge >= 0.3 is 5.97 Å². The van der Waals surface area contributed by atoms with Gasteiger partial charge in [0, 0.05) is 28.4 Å². The molecule has 3 aromatic rings. The van der Waals surface area contributed by atoms with E-state index >= 15 is 0 Å². The zero-order valence-corrected chi connectivity index (χ0v) is 23.8. The van der Waals surface area contributed by atoms with Crippen LogP contribution in [-0.4, -0.2) is 30.1 Å². The van der Waals surface area contributed by atoms with Crippen LogP contribution in [0.3, 0.4) is 0 Å². The molecule has 1 heterocycles. The third-order valence-corrected chi connectivity index (χ3v) is 6.82. The number of allylic oxidation sites excluding steroid dienone is 1. The molecule has 1 atom stereocenters. The number of amidine groups is 1.